The van der Waals surface area contributed by atoms with Gasteiger partial charge in [0, 0.05) is 31.0 Å². The molecule has 2 aromatic heterocycles. The maximum Gasteiger partial charge on any atom is 0.260 e. The van der Waals surface area contributed by atoms with Crippen molar-refractivity contribution in [1.29, 1.82) is 0 Å². The van der Waals surface area contributed by atoms with E-state index in [9.17, 15) is 13.2 Å². The Morgan fingerprint density at radius 2 is 1.83 bits per heavy atom. The zero-order chi connectivity index (χ0) is 28.6. The molecule has 0 fully saturated rings. The van der Waals surface area contributed by atoms with Gasteiger partial charge in [0.05, 0.1) is 28.3 Å². The number of carbonyl (C=O) groups excluding carboxylic acids is 1. The van der Waals surface area contributed by atoms with Crippen molar-refractivity contribution in [3.63, 3.8) is 0 Å². The van der Waals surface area contributed by atoms with Crippen LogP contribution < -0.4 is 9.64 Å². The lowest BCUT2D eigenvalue weighted by Crippen LogP contribution is -2.36. The van der Waals surface area contributed by atoms with Crippen LogP contribution in [0.2, 0.25) is 5.02 Å². The molecule has 1 aliphatic rings. The molecule has 1 aliphatic heterocycles. The van der Waals surface area contributed by atoms with E-state index in [1.54, 1.807) is 54.7 Å². The SMILES string of the molecule is COc1ccc(Cl)c2sc(N(Cc3cccnc3)C(=O)c3ccc(S(=O)(=O)N4CCc5ccccc5C4)cc3)nc12. The van der Waals surface area contributed by atoms with Crippen molar-refractivity contribution in [2.75, 3.05) is 18.6 Å². The molecule has 0 saturated carbocycles. The number of carbonyl (C=O) groups is 1. The van der Waals surface area contributed by atoms with Crippen LogP contribution in [0, 0.1) is 0 Å². The second-order valence-electron chi connectivity index (χ2n) is 9.56. The molecule has 3 aromatic carbocycles. The quantitative estimate of drug-likeness (QED) is 0.228. The summed E-state index contributed by atoms with van der Waals surface area (Å²) in [5.74, 6) is 0.217. The molecule has 0 aliphatic carbocycles. The molecular formula is C30H25ClN4O4S2. The first-order valence-corrected chi connectivity index (χ1v) is 15.5. The molecule has 0 unspecified atom stereocenters. The van der Waals surface area contributed by atoms with Crippen LogP contribution in [0.3, 0.4) is 0 Å². The zero-order valence-electron chi connectivity index (χ0n) is 22.0. The number of hydrogen-bond donors (Lipinski definition) is 0. The van der Waals surface area contributed by atoms with E-state index >= 15 is 0 Å². The fourth-order valence-electron chi connectivity index (χ4n) is 4.87. The fraction of sp³-hybridized carbons (Fsp3) is 0.167. The molecule has 8 nitrogen and oxygen atoms in total. The number of nitrogens with zero attached hydrogens (tertiary/aromatic N) is 4. The molecule has 0 atom stereocenters. The third kappa shape index (κ3) is 5.31. The molecule has 0 saturated heterocycles. The van der Waals surface area contributed by atoms with E-state index in [0.717, 1.165) is 11.1 Å². The molecule has 6 rings (SSSR count). The van der Waals surface area contributed by atoms with Crippen molar-refractivity contribution in [3.05, 3.63) is 112 Å². The highest BCUT2D eigenvalue weighted by atomic mass is 35.5. The molecule has 0 bridgehead atoms. The number of fused-ring (bicyclic) bond motifs is 2. The maximum absolute atomic E-state index is 13.9. The molecule has 0 radical (unpaired) electrons. The first-order chi connectivity index (χ1) is 19.8. The Morgan fingerprint density at radius 1 is 1.05 bits per heavy atom. The number of sulfonamides is 1. The Balaban J connectivity index is 1.32. The number of methoxy groups -OCH3 is 1. The third-order valence-corrected chi connectivity index (χ3v) is 10.4. The lowest BCUT2D eigenvalue weighted by molar-refractivity contribution is 0.0985. The second kappa shape index (κ2) is 11.2. The predicted molar refractivity (Wildman–Crippen MR) is 160 cm³/mol. The summed E-state index contributed by atoms with van der Waals surface area (Å²) >= 11 is 7.74. The van der Waals surface area contributed by atoms with Gasteiger partial charge in [0.1, 0.15) is 11.3 Å². The van der Waals surface area contributed by atoms with E-state index in [0.29, 0.717) is 51.2 Å². The highest BCUT2D eigenvalue weighted by Crippen LogP contribution is 2.39. The van der Waals surface area contributed by atoms with E-state index < -0.39 is 10.0 Å². The van der Waals surface area contributed by atoms with Gasteiger partial charge in [-0.3, -0.25) is 14.7 Å². The Hall–Kier alpha value is -3.83. The van der Waals surface area contributed by atoms with E-state index in [-0.39, 0.29) is 17.3 Å². The highest BCUT2D eigenvalue weighted by Gasteiger charge is 2.29. The number of halogens is 1. The predicted octanol–water partition coefficient (Wildman–Crippen LogP) is 5.95. The van der Waals surface area contributed by atoms with Crippen LogP contribution in [-0.2, 0) is 29.5 Å². The van der Waals surface area contributed by atoms with Crippen molar-refractivity contribution >= 4 is 54.2 Å². The Morgan fingerprint density at radius 3 is 2.56 bits per heavy atom. The molecule has 11 heteroatoms. The number of hydrogen-bond acceptors (Lipinski definition) is 7. The van der Waals surface area contributed by atoms with Gasteiger partial charge in [-0.2, -0.15) is 4.31 Å². The van der Waals surface area contributed by atoms with Crippen LogP contribution >= 0.6 is 22.9 Å². The summed E-state index contributed by atoms with van der Waals surface area (Å²) in [6.07, 6.45) is 4.01. The Kier molecular flexibility index (Phi) is 7.48. The van der Waals surface area contributed by atoms with Gasteiger partial charge in [-0.05, 0) is 65.6 Å². The normalized spacial score (nSPS) is 13.6. The van der Waals surface area contributed by atoms with Crippen molar-refractivity contribution in [2.24, 2.45) is 0 Å². The van der Waals surface area contributed by atoms with Gasteiger partial charge >= 0.3 is 0 Å². The van der Waals surface area contributed by atoms with Crippen molar-refractivity contribution < 1.29 is 17.9 Å². The van der Waals surface area contributed by atoms with E-state index in [1.807, 2.05) is 30.3 Å². The monoisotopic (exact) mass is 604 g/mol. The number of benzene rings is 3. The first-order valence-electron chi connectivity index (χ1n) is 12.9. The fourth-order valence-corrected chi connectivity index (χ4v) is 7.54. The van der Waals surface area contributed by atoms with Gasteiger partial charge < -0.3 is 4.74 Å². The van der Waals surface area contributed by atoms with Gasteiger partial charge in [0.15, 0.2) is 5.13 Å². The zero-order valence-corrected chi connectivity index (χ0v) is 24.4. The lowest BCUT2D eigenvalue weighted by Gasteiger charge is -2.28. The smallest absolute Gasteiger partial charge is 0.260 e. The van der Waals surface area contributed by atoms with Crippen LogP contribution in [0.25, 0.3) is 10.2 Å². The molecule has 5 aromatic rings. The lowest BCUT2D eigenvalue weighted by atomic mass is 10.0. The number of rotatable bonds is 7. The summed E-state index contributed by atoms with van der Waals surface area (Å²) in [4.78, 5) is 24.5. The minimum absolute atomic E-state index is 0.142. The number of pyridine rings is 1. The van der Waals surface area contributed by atoms with Crippen LogP contribution in [0.4, 0.5) is 5.13 Å². The Labute approximate surface area is 246 Å². The van der Waals surface area contributed by atoms with Crippen LogP contribution in [-0.4, -0.2) is 42.3 Å². The van der Waals surface area contributed by atoms with Crippen molar-refractivity contribution in [2.45, 2.75) is 24.4 Å². The van der Waals surface area contributed by atoms with Crippen molar-refractivity contribution in [1.82, 2.24) is 14.3 Å². The van der Waals surface area contributed by atoms with Crippen LogP contribution in [0.5, 0.6) is 5.75 Å². The molecule has 3 heterocycles. The summed E-state index contributed by atoms with van der Waals surface area (Å²) in [6, 6.07) is 21.1. The number of amides is 1. The number of aromatic nitrogens is 2. The summed E-state index contributed by atoms with van der Waals surface area (Å²) in [5, 5.41) is 0.942. The largest absolute Gasteiger partial charge is 0.494 e. The van der Waals surface area contributed by atoms with E-state index in [2.05, 4.69) is 4.98 Å². The third-order valence-electron chi connectivity index (χ3n) is 7.04. The summed E-state index contributed by atoms with van der Waals surface area (Å²) in [7, 11) is -2.18. The minimum atomic E-state index is -3.74. The summed E-state index contributed by atoms with van der Waals surface area (Å²) in [5.41, 5.74) is 3.88. The number of thiazole rings is 1. The second-order valence-corrected chi connectivity index (χ2v) is 12.9. The van der Waals surface area contributed by atoms with Gasteiger partial charge in [0.2, 0.25) is 10.0 Å². The first kappa shape index (κ1) is 27.3. The molecular weight excluding hydrogens is 580 g/mol. The molecule has 208 valence electrons. The average Bonchev–Trinajstić information content (AvgIpc) is 3.46. The Bertz CT molecular complexity index is 1840. The van der Waals surface area contributed by atoms with Crippen LogP contribution in [0.1, 0.15) is 27.0 Å². The van der Waals surface area contributed by atoms with Gasteiger partial charge in [0.25, 0.3) is 5.91 Å². The minimum Gasteiger partial charge on any atom is -0.494 e. The number of anilines is 1. The molecule has 0 N–H and O–H groups in total. The standard InChI is InChI=1S/C30H25ClN4O4S2/c1-39-26-13-12-25(31)28-27(26)33-30(40-28)35(18-20-5-4-15-32-17-20)29(36)22-8-10-24(11-9-22)41(37,38)34-16-14-21-6-2-3-7-23(21)19-34/h2-13,15,17H,14,16,18-19H2,1H3. The van der Waals surface area contributed by atoms with Gasteiger partial charge in [-0.1, -0.05) is 53.3 Å². The topological polar surface area (TPSA) is 92.7 Å². The average molecular weight is 605 g/mol. The summed E-state index contributed by atoms with van der Waals surface area (Å²) in [6.45, 7) is 0.934. The van der Waals surface area contributed by atoms with Gasteiger partial charge in [-0.25, -0.2) is 13.4 Å². The molecule has 41 heavy (non-hydrogen) atoms. The van der Waals surface area contributed by atoms with E-state index in [1.165, 1.54) is 33.3 Å². The summed E-state index contributed by atoms with van der Waals surface area (Å²) < 4.78 is 34.6. The number of ether oxygens (including phenoxy) is 1. The molecule has 1 amide bonds. The van der Waals surface area contributed by atoms with Crippen LogP contribution in [0.15, 0.2) is 90.1 Å². The highest BCUT2D eigenvalue weighted by molar-refractivity contribution is 7.89. The van der Waals surface area contributed by atoms with Gasteiger partial charge in [-0.15, -0.1) is 0 Å². The van der Waals surface area contributed by atoms with E-state index in [4.69, 9.17) is 21.3 Å². The maximum atomic E-state index is 13.9. The molecule has 0 spiro atoms. The van der Waals surface area contributed by atoms with Crippen molar-refractivity contribution in [3.8, 4) is 5.75 Å².